The number of morpholine rings is 1. The van der Waals surface area contributed by atoms with Crippen molar-refractivity contribution < 1.29 is 18.7 Å². The first-order chi connectivity index (χ1) is 12.1. The molecule has 1 aliphatic heterocycles. The van der Waals surface area contributed by atoms with Gasteiger partial charge in [0.25, 0.3) is 11.1 Å². The van der Waals surface area contributed by atoms with Crippen molar-refractivity contribution in [3.63, 3.8) is 0 Å². The zero-order valence-electron chi connectivity index (χ0n) is 14.3. The molecule has 2 heterocycles. The zero-order chi connectivity index (χ0) is 17.6. The maximum atomic E-state index is 12.4. The van der Waals surface area contributed by atoms with Crippen LogP contribution in [0.4, 0.5) is 0 Å². The lowest BCUT2D eigenvalue weighted by atomic mass is 10.2. The van der Waals surface area contributed by atoms with Crippen molar-refractivity contribution in [2.75, 3.05) is 26.3 Å². The Kier molecular flexibility index (Phi) is 5.93. The van der Waals surface area contributed by atoms with Gasteiger partial charge in [-0.05, 0) is 26.0 Å². The van der Waals surface area contributed by atoms with E-state index in [2.05, 4.69) is 10.2 Å². The van der Waals surface area contributed by atoms with Gasteiger partial charge in [0.15, 0.2) is 6.61 Å². The van der Waals surface area contributed by atoms with Gasteiger partial charge in [-0.15, -0.1) is 10.2 Å². The second-order valence-electron chi connectivity index (χ2n) is 5.76. The molecule has 0 radical (unpaired) electrons. The number of benzene rings is 1. The SMILES string of the molecule is Cc1ccc(OCc2nnc(S[C@H](C)C(=O)N3CCOCC3)o2)cc1. The van der Waals surface area contributed by atoms with Gasteiger partial charge in [-0.3, -0.25) is 4.79 Å². The van der Waals surface area contributed by atoms with Crippen LogP contribution in [-0.4, -0.2) is 52.6 Å². The molecule has 0 aliphatic carbocycles. The van der Waals surface area contributed by atoms with Gasteiger partial charge in [-0.2, -0.15) is 0 Å². The summed E-state index contributed by atoms with van der Waals surface area (Å²) in [6, 6.07) is 7.74. The summed E-state index contributed by atoms with van der Waals surface area (Å²) in [6.07, 6.45) is 0. The molecule has 0 N–H and O–H groups in total. The van der Waals surface area contributed by atoms with Crippen molar-refractivity contribution in [2.45, 2.75) is 30.9 Å². The number of nitrogens with zero attached hydrogens (tertiary/aromatic N) is 3. The quantitative estimate of drug-likeness (QED) is 0.729. The van der Waals surface area contributed by atoms with E-state index in [4.69, 9.17) is 13.9 Å². The van der Waals surface area contributed by atoms with Crippen LogP contribution in [-0.2, 0) is 16.1 Å². The molecule has 0 unspecified atom stereocenters. The van der Waals surface area contributed by atoms with E-state index >= 15 is 0 Å². The minimum atomic E-state index is -0.288. The van der Waals surface area contributed by atoms with Crippen molar-refractivity contribution in [1.29, 1.82) is 0 Å². The van der Waals surface area contributed by atoms with Gasteiger partial charge >= 0.3 is 0 Å². The number of carbonyl (C=O) groups is 1. The number of rotatable bonds is 6. The Morgan fingerprint density at radius 2 is 2.00 bits per heavy atom. The van der Waals surface area contributed by atoms with Gasteiger partial charge in [-0.1, -0.05) is 29.5 Å². The van der Waals surface area contributed by atoms with E-state index in [-0.39, 0.29) is 17.8 Å². The maximum absolute atomic E-state index is 12.4. The molecule has 7 nitrogen and oxygen atoms in total. The molecule has 1 aromatic carbocycles. The highest BCUT2D eigenvalue weighted by Crippen LogP contribution is 2.24. The Morgan fingerprint density at radius 3 is 2.72 bits per heavy atom. The molecule has 134 valence electrons. The Balaban J connectivity index is 1.50. The molecule has 2 aromatic rings. The van der Waals surface area contributed by atoms with Crippen LogP contribution in [0.15, 0.2) is 33.9 Å². The first-order valence-corrected chi connectivity index (χ1v) is 9.05. The largest absolute Gasteiger partial charge is 0.484 e. The summed E-state index contributed by atoms with van der Waals surface area (Å²) in [6.45, 7) is 6.49. The molecule has 1 saturated heterocycles. The molecule has 25 heavy (non-hydrogen) atoms. The third-order valence-corrected chi connectivity index (χ3v) is 4.70. The van der Waals surface area contributed by atoms with Gasteiger partial charge in [0, 0.05) is 13.1 Å². The second-order valence-corrected chi connectivity index (χ2v) is 7.05. The number of hydrogen-bond donors (Lipinski definition) is 0. The third-order valence-electron chi connectivity index (χ3n) is 3.78. The first-order valence-electron chi connectivity index (χ1n) is 8.17. The fraction of sp³-hybridized carbons (Fsp3) is 0.471. The maximum Gasteiger partial charge on any atom is 0.277 e. The average molecular weight is 363 g/mol. The first kappa shape index (κ1) is 17.8. The van der Waals surface area contributed by atoms with E-state index in [1.54, 1.807) is 4.90 Å². The van der Waals surface area contributed by atoms with Crippen LogP contribution in [0, 0.1) is 6.92 Å². The minimum Gasteiger partial charge on any atom is -0.484 e. The lowest BCUT2D eigenvalue weighted by Gasteiger charge is -2.28. The Hall–Kier alpha value is -2.06. The molecule has 0 bridgehead atoms. The summed E-state index contributed by atoms with van der Waals surface area (Å²) >= 11 is 1.26. The summed E-state index contributed by atoms with van der Waals surface area (Å²) < 4.78 is 16.4. The minimum absolute atomic E-state index is 0.0592. The van der Waals surface area contributed by atoms with E-state index in [0.29, 0.717) is 37.4 Å². The van der Waals surface area contributed by atoms with Crippen LogP contribution in [0.5, 0.6) is 5.75 Å². The van der Waals surface area contributed by atoms with Crippen LogP contribution < -0.4 is 4.74 Å². The monoisotopic (exact) mass is 363 g/mol. The highest BCUT2D eigenvalue weighted by molar-refractivity contribution is 8.00. The van der Waals surface area contributed by atoms with E-state index in [0.717, 1.165) is 5.75 Å². The molecule has 1 aliphatic rings. The zero-order valence-corrected chi connectivity index (χ0v) is 15.1. The standard InChI is InChI=1S/C17H21N3O4S/c1-12-3-5-14(6-4-12)23-11-15-18-19-17(24-15)25-13(2)16(21)20-7-9-22-10-8-20/h3-6,13H,7-11H2,1-2H3/t13-/m1/s1. The topological polar surface area (TPSA) is 77.7 Å². The van der Waals surface area contributed by atoms with Crippen LogP contribution >= 0.6 is 11.8 Å². The summed E-state index contributed by atoms with van der Waals surface area (Å²) in [5.41, 5.74) is 1.17. The van der Waals surface area contributed by atoms with Gasteiger partial charge in [0.05, 0.1) is 18.5 Å². The van der Waals surface area contributed by atoms with Gasteiger partial charge < -0.3 is 18.8 Å². The molecule has 1 fully saturated rings. The summed E-state index contributed by atoms with van der Waals surface area (Å²) in [7, 11) is 0. The molecule has 0 spiro atoms. The highest BCUT2D eigenvalue weighted by atomic mass is 32.2. The van der Waals surface area contributed by atoms with Crippen LogP contribution in [0.25, 0.3) is 0 Å². The Bertz CT molecular complexity index is 698. The average Bonchev–Trinajstić information content (AvgIpc) is 3.08. The van der Waals surface area contributed by atoms with Crippen molar-refractivity contribution in [1.82, 2.24) is 15.1 Å². The predicted molar refractivity (Wildman–Crippen MR) is 92.5 cm³/mol. The van der Waals surface area contributed by atoms with Gasteiger partial charge in [0.2, 0.25) is 5.91 Å². The van der Waals surface area contributed by atoms with Crippen LogP contribution in [0.1, 0.15) is 18.4 Å². The van der Waals surface area contributed by atoms with Gasteiger partial charge in [0.1, 0.15) is 5.75 Å². The van der Waals surface area contributed by atoms with E-state index < -0.39 is 0 Å². The number of hydrogen-bond acceptors (Lipinski definition) is 7. The smallest absolute Gasteiger partial charge is 0.277 e. The number of carbonyl (C=O) groups excluding carboxylic acids is 1. The predicted octanol–water partition coefficient (Wildman–Crippen LogP) is 2.30. The van der Waals surface area contributed by atoms with Crippen molar-refractivity contribution >= 4 is 17.7 Å². The molecule has 1 amide bonds. The lowest BCUT2D eigenvalue weighted by Crippen LogP contribution is -2.44. The molecule has 3 rings (SSSR count). The van der Waals surface area contributed by atoms with Crippen molar-refractivity contribution in [2.24, 2.45) is 0 Å². The van der Waals surface area contributed by atoms with E-state index in [9.17, 15) is 4.79 Å². The molecular weight excluding hydrogens is 342 g/mol. The normalized spacial score (nSPS) is 15.8. The lowest BCUT2D eigenvalue weighted by molar-refractivity contribution is -0.134. The van der Waals surface area contributed by atoms with Crippen molar-refractivity contribution in [3.05, 3.63) is 35.7 Å². The summed E-state index contributed by atoms with van der Waals surface area (Å²) in [5, 5.41) is 8.03. The fourth-order valence-corrected chi connectivity index (χ4v) is 3.15. The second kappa shape index (κ2) is 8.35. The van der Waals surface area contributed by atoms with Crippen molar-refractivity contribution in [3.8, 4) is 5.75 Å². The molecule has 1 atom stereocenters. The fourth-order valence-electron chi connectivity index (χ4n) is 2.37. The third kappa shape index (κ3) is 4.96. The van der Waals surface area contributed by atoms with E-state index in [1.807, 2.05) is 38.1 Å². The Morgan fingerprint density at radius 1 is 1.28 bits per heavy atom. The number of ether oxygens (including phenoxy) is 2. The molecule has 1 aromatic heterocycles. The molecular formula is C17H21N3O4S. The van der Waals surface area contributed by atoms with Crippen LogP contribution in [0.3, 0.4) is 0 Å². The molecule has 0 saturated carbocycles. The van der Waals surface area contributed by atoms with E-state index in [1.165, 1.54) is 17.3 Å². The van der Waals surface area contributed by atoms with Crippen LogP contribution in [0.2, 0.25) is 0 Å². The number of aryl methyl sites for hydroxylation is 1. The number of aromatic nitrogens is 2. The summed E-state index contributed by atoms with van der Waals surface area (Å²) in [4.78, 5) is 14.2. The summed E-state index contributed by atoms with van der Waals surface area (Å²) in [5.74, 6) is 1.19. The highest BCUT2D eigenvalue weighted by Gasteiger charge is 2.25. The molecule has 8 heteroatoms. The Labute approximate surface area is 150 Å². The van der Waals surface area contributed by atoms with Gasteiger partial charge in [-0.25, -0.2) is 0 Å². The number of thioether (sulfide) groups is 1. The number of amides is 1.